The average Bonchev–Trinajstić information content (AvgIpc) is 3.18. The molecule has 3 atom stereocenters. The first-order valence-corrected chi connectivity index (χ1v) is 10.5. The first-order chi connectivity index (χ1) is 12.4. The number of aliphatic hydroxyl groups excluding tert-OH is 2. The highest BCUT2D eigenvalue weighted by molar-refractivity contribution is 7.89. The van der Waals surface area contributed by atoms with Gasteiger partial charge in [0.15, 0.2) is 0 Å². The largest absolute Gasteiger partial charge is 0.396 e. The number of aliphatic hydroxyl groups is 2. The maximum absolute atomic E-state index is 12.5. The predicted octanol–water partition coefficient (Wildman–Crippen LogP) is 0.871. The summed E-state index contributed by atoms with van der Waals surface area (Å²) in [7, 11) is -3.94. The van der Waals surface area contributed by atoms with Crippen molar-refractivity contribution in [2.75, 3.05) is 13.2 Å². The highest BCUT2D eigenvalue weighted by Crippen LogP contribution is 2.31. The Morgan fingerprint density at radius 1 is 1.27 bits per heavy atom. The summed E-state index contributed by atoms with van der Waals surface area (Å²) in [6.07, 6.45) is -0.296. The lowest BCUT2D eigenvalue weighted by atomic mass is 10.1. The highest BCUT2D eigenvalue weighted by atomic mass is 32.2. The number of hydrogen-bond acceptors (Lipinski definition) is 6. The topological polar surface area (TPSA) is 116 Å². The fourth-order valence-corrected chi connectivity index (χ4v) is 4.96. The minimum Gasteiger partial charge on any atom is -0.396 e. The predicted molar refractivity (Wildman–Crippen MR) is 97.4 cm³/mol. The van der Waals surface area contributed by atoms with Crippen molar-refractivity contribution in [3.05, 3.63) is 52.2 Å². The van der Waals surface area contributed by atoms with Gasteiger partial charge in [0.2, 0.25) is 10.0 Å². The van der Waals surface area contributed by atoms with Crippen LogP contribution in [0.5, 0.6) is 0 Å². The third-order valence-corrected chi connectivity index (χ3v) is 6.76. The molecule has 140 valence electrons. The Morgan fingerprint density at radius 2 is 2.00 bits per heavy atom. The van der Waals surface area contributed by atoms with Crippen molar-refractivity contribution in [2.45, 2.75) is 23.5 Å². The fraction of sp³-hybridized carbons (Fsp3) is 0.353. The molecule has 1 unspecified atom stereocenters. The summed E-state index contributed by atoms with van der Waals surface area (Å²) < 4.78 is 27.4. The minimum atomic E-state index is -3.94. The third-order valence-electron chi connectivity index (χ3n) is 4.25. The van der Waals surface area contributed by atoms with Crippen LogP contribution in [0.25, 0.3) is 0 Å². The van der Waals surface area contributed by atoms with Crippen LogP contribution in [0.1, 0.15) is 27.8 Å². The summed E-state index contributed by atoms with van der Waals surface area (Å²) in [5.41, 5.74) is 0.599. The molecule has 7 nitrogen and oxygen atoms in total. The molecule has 0 bridgehead atoms. The summed E-state index contributed by atoms with van der Waals surface area (Å²) in [5, 5.41) is 23.4. The number of rotatable bonds is 8. The van der Waals surface area contributed by atoms with Gasteiger partial charge in [-0.25, -0.2) is 13.1 Å². The van der Waals surface area contributed by atoms with Gasteiger partial charge in [-0.1, -0.05) is 30.3 Å². The van der Waals surface area contributed by atoms with Crippen LogP contribution < -0.4 is 10.0 Å². The van der Waals surface area contributed by atoms with Crippen molar-refractivity contribution in [2.24, 2.45) is 5.92 Å². The molecule has 1 heterocycles. The molecule has 1 saturated carbocycles. The Bertz CT molecular complexity index is 866. The second-order valence-electron chi connectivity index (χ2n) is 6.15. The zero-order valence-corrected chi connectivity index (χ0v) is 15.5. The quantitative estimate of drug-likeness (QED) is 0.528. The van der Waals surface area contributed by atoms with E-state index in [9.17, 15) is 18.3 Å². The normalized spacial score (nSPS) is 20.5. The second-order valence-corrected chi connectivity index (χ2v) is 8.80. The zero-order valence-electron chi connectivity index (χ0n) is 13.8. The van der Waals surface area contributed by atoms with E-state index in [1.54, 1.807) is 30.3 Å². The third kappa shape index (κ3) is 4.30. The molecule has 3 rings (SSSR count). The first-order valence-electron chi connectivity index (χ1n) is 8.14. The lowest BCUT2D eigenvalue weighted by Gasteiger charge is -2.13. The van der Waals surface area contributed by atoms with E-state index in [1.165, 1.54) is 11.4 Å². The molecular weight excluding hydrogens is 376 g/mol. The van der Waals surface area contributed by atoms with Gasteiger partial charge in [0, 0.05) is 25.1 Å². The molecule has 1 amide bonds. The summed E-state index contributed by atoms with van der Waals surface area (Å²) in [5.74, 6) is -0.428. The van der Waals surface area contributed by atoms with E-state index in [-0.39, 0.29) is 34.9 Å². The molecule has 1 aliphatic rings. The molecule has 1 fully saturated rings. The summed E-state index contributed by atoms with van der Waals surface area (Å²) in [6.45, 7) is -0.196. The Balaban J connectivity index is 1.66. The van der Waals surface area contributed by atoms with E-state index in [4.69, 9.17) is 5.11 Å². The lowest BCUT2D eigenvalue weighted by Crippen LogP contribution is -2.32. The van der Waals surface area contributed by atoms with E-state index >= 15 is 0 Å². The van der Waals surface area contributed by atoms with Gasteiger partial charge in [-0.15, -0.1) is 11.3 Å². The summed E-state index contributed by atoms with van der Waals surface area (Å²) in [4.78, 5) is 12.3. The Morgan fingerprint density at radius 3 is 2.65 bits per heavy atom. The molecular formula is C17H20N2O5S2. The highest BCUT2D eigenvalue weighted by Gasteiger charge is 2.38. The number of benzene rings is 1. The molecule has 1 aromatic carbocycles. The molecule has 0 aliphatic heterocycles. The smallest absolute Gasteiger partial charge is 0.262 e. The number of nitrogens with one attached hydrogen (secondary N) is 2. The van der Waals surface area contributed by atoms with Crippen molar-refractivity contribution in [3.63, 3.8) is 0 Å². The lowest BCUT2D eigenvalue weighted by molar-refractivity contribution is 0.0948. The van der Waals surface area contributed by atoms with Crippen LogP contribution in [0, 0.1) is 5.92 Å². The van der Waals surface area contributed by atoms with Crippen LogP contribution in [-0.4, -0.2) is 43.7 Å². The van der Waals surface area contributed by atoms with Gasteiger partial charge in [-0.05, 0) is 23.4 Å². The van der Waals surface area contributed by atoms with Crippen LogP contribution in [-0.2, 0) is 10.0 Å². The zero-order chi connectivity index (χ0) is 18.7. The van der Waals surface area contributed by atoms with E-state index in [0.29, 0.717) is 12.0 Å². The molecule has 0 radical (unpaired) electrons. The van der Waals surface area contributed by atoms with E-state index in [1.807, 2.05) is 0 Å². The Labute approximate surface area is 155 Å². The van der Waals surface area contributed by atoms with Gasteiger partial charge in [0.05, 0.1) is 6.10 Å². The van der Waals surface area contributed by atoms with Crippen molar-refractivity contribution in [1.29, 1.82) is 0 Å². The van der Waals surface area contributed by atoms with Crippen LogP contribution >= 0.6 is 11.3 Å². The second kappa shape index (κ2) is 7.85. The van der Waals surface area contributed by atoms with Gasteiger partial charge in [0.1, 0.15) is 9.77 Å². The van der Waals surface area contributed by atoms with Crippen molar-refractivity contribution < 1.29 is 23.4 Å². The Kier molecular flexibility index (Phi) is 5.73. The first kappa shape index (κ1) is 19.0. The molecule has 4 N–H and O–H groups in total. The molecule has 2 aromatic rings. The SMILES string of the molecule is O=C(N[C@@H]1C[C@H]1CO)c1sccc1S(=O)(=O)NCC(O)c1ccccc1. The fourth-order valence-electron chi connectivity index (χ4n) is 2.59. The van der Waals surface area contributed by atoms with Gasteiger partial charge in [-0.2, -0.15) is 0 Å². The molecule has 26 heavy (non-hydrogen) atoms. The van der Waals surface area contributed by atoms with Crippen LogP contribution in [0.15, 0.2) is 46.7 Å². The van der Waals surface area contributed by atoms with Crippen LogP contribution in [0.4, 0.5) is 0 Å². The van der Waals surface area contributed by atoms with Gasteiger partial charge in [0.25, 0.3) is 5.91 Å². The van der Waals surface area contributed by atoms with Crippen molar-refractivity contribution >= 4 is 27.3 Å². The maximum atomic E-state index is 12.5. The minimum absolute atomic E-state index is 0.000523. The van der Waals surface area contributed by atoms with E-state index in [0.717, 1.165) is 11.3 Å². The summed E-state index contributed by atoms with van der Waals surface area (Å²) in [6, 6.07) is 9.98. The number of hydrogen-bond donors (Lipinski definition) is 4. The monoisotopic (exact) mass is 396 g/mol. The van der Waals surface area contributed by atoms with Crippen LogP contribution in [0.3, 0.4) is 0 Å². The molecule has 0 saturated heterocycles. The van der Waals surface area contributed by atoms with E-state index in [2.05, 4.69) is 10.0 Å². The number of carbonyl (C=O) groups is 1. The van der Waals surface area contributed by atoms with Crippen LogP contribution in [0.2, 0.25) is 0 Å². The van der Waals surface area contributed by atoms with Crippen molar-refractivity contribution in [3.8, 4) is 0 Å². The van der Waals surface area contributed by atoms with Gasteiger partial charge < -0.3 is 15.5 Å². The number of carbonyl (C=O) groups excluding carboxylic acids is 1. The van der Waals surface area contributed by atoms with Crippen molar-refractivity contribution in [1.82, 2.24) is 10.0 Å². The number of amides is 1. The number of thiophene rings is 1. The number of sulfonamides is 1. The molecule has 9 heteroatoms. The van der Waals surface area contributed by atoms with Gasteiger partial charge >= 0.3 is 0 Å². The van der Waals surface area contributed by atoms with E-state index < -0.39 is 22.0 Å². The molecule has 0 spiro atoms. The standard InChI is InChI=1S/C17H20N2O5S2/c20-10-12-8-13(12)19-17(22)16-15(6-7-25-16)26(23,24)18-9-14(21)11-4-2-1-3-5-11/h1-7,12-14,18,20-21H,8-10H2,(H,19,22)/t12-,13+,14?/m0/s1. The maximum Gasteiger partial charge on any atom is 0.262 e. The Hall–Kier alpha value is -1.78. The van der Waals surface area contributed by atoms with Gasteiger partial charge in [-0.3, -0.25) is 4.79 Å². The summed E-state index contributed by atoms with van der Waals surface area (Å²) >= 11 is 1.04. The molecule has 1 aromatic heterocycles. The average molecular weight is 396 g/mol. The molecule has 1 aliphatic carbocycles.